The summed E-state index contributed by atoms with van der Waals surface area (Å²) in [7, 11) is -3.86. The Morgan fingerprint density at radius 1 is 1.28 bits per heavy atom. The number of nitrogens with one attached hydrogen (secondary N) is 1. The molecule has 1 heterocycles. The molecule has 8 nitrogen and oxygen atoms in total. The van der Waals surface area contributed by atoms with Gasteiger partial charge in [0.25, 0.3) is 5.89 Å². The molecule has 1 N–H and O–H groups in total. The number of hydrogen-bond acceptors (Lipinski definition) is 8. The SMILES string of the molecule is CSCCC(NS(=O)(=O)c1ccccc1)C(=O)OC(C)c1nc(C(C)(C)C)no1. The molecule has 2 unspecified atom stereocenters. The van der Waals surface area contributed by atoms with Crippen molar-refractivity contribution in [3.05, 3.63) is 42.0 Å². The van der Waals surface area contributed by atoms with Crippen molar-refractivity contribution in [2.75, 3.05) is 12.0 Å². The summed E-state index contributed by atoms with van der Waals surface area (Å²) in [5.74, 6) is 0.554. The number of ether oxygens (including phenoxy) is 1. The second kappa shape index (κ2) is 9.73. The Morgan fingerprint density at radius 2 is 1.93 bits per heavy atom. The molecule has 0 spiro atoms. The fourth-order valence-corrected chi connectivity index (χ4v) is 4.04. The van der Waals surface area contributed by atoms with E-state index in [0.29, 0.717) is 11.6 Å². The van der Waals surface area contributed by atoms with Crippen molar-refractivity contribution in [1.82, 2.24) is 14.9 Å². The molecule has 1 aromatic carbocycles. The van der Waals surface area contributed by atoms with E-state index in [-0.39, 0.29) is 22.6 Å². The van der Waals surface area contributed by atoms with Crippen LogP contribution < -0.4 is 4.72 Å². The van der Waals surface area contributed by atoms with Crippen LogP contribution in [-0.2, 0) is 25.0 Å². The highest BCUT2D eigenvalue weighted by Gasteiger charge is 2.30. The van der Waals surface area contributed by atoms with Crippen LogP contribution in [0.3, 0.4) is 0 Å². The van der Waals surface area contributed by atoms with E-state index in [4.69, 9.17) is 9.26 Å². The molecule has 2 rings (SSSR count). The molecule has 1 aromatic heterocycles. The minimum Gasteiger partial charge on any atom is -0.451 e. The number of rotatable bonds is 9. The highest BCUT2D eigenvalue weighted by atomic mass is 32.2. The number of esters is 1. The van der Waals surface area contributed by atoms with E-state index in [9.17, 15) is 13.2 Å². The van der Waals surface area contributed by atoms with Gasteiger partial charge in [0.2, 0.25) is 10.0 Å². The van der Waals surface area contributed by atoms with Gasteiger partial charge in [0.1, 0.15) is 6.04 Å². The average Bonchev–Trinajstić information content (AvgIpc) is 3.16. The molecular weight excluding hydrogens is 414 g/mol. The third kappa shape index (κ3) is 6.55. The lowest BCUT2D eigenvalue weighted by atomic mass is 9.96. The smallest absolute Gasteiger partial charge is 0.324 e. The molecular formula is C19H27N3O5S2. The van der Waals surface area contributed by atoms with Gasteiger partial charge in [0.15, 0.2) is 11.9 Å². The Hall–Kier alpha value is -1.91. The summed E-state index contributed by atoms with van der Waals surface area (Å²) < 4.78 is 38.3. The molecule has 29 heavy (non-hydrogen) atoms. The summed E-state index contributed by atoms with van der Waals surface area (Å²) in [6, 6.07) is 6.86. The lowest BCUT2D eigenvalue weighted by molar-refractivity contribution is -0.151. The average molecular weight is 442 g/mol. The Kier molecular flexibility index (Phi) is 7.84. The first-order valence-corrected chi connectivity index (χ1v) is 12.0. The first-order chi connectivity index (χ1) is 13.5. The summed E-state index contributed by atoms with van der Waals surface area (Å²) in [5.41, 5.74) is -0.308. The zero-order valence-electron chi connectivity index (χ0n) is 17.2. The van der Waals surface area contributed by atoms with Crippen molar-refractivity contribution in [1.29, 1.82) is 0 Å². The maximum atomic E-state index is 12.7. The fourth-order valence-electron chi connectivity index (χ4n) is 2.33. The predicted octanol–water partition coefficient (Wildman–Crippen LogP) is 3.07. The lowest BCUT2D eigenvalue weighted by Crippen LogP contribution is -2.42. The van der Waals surface area contributed by atoms with Crippen LogP contribution in [-0.4, -0.2) is 42.6 Å². The maximum Gasteiger partial charge on any atom is 0.324 e. The molecule has 0 amide bonds. The van der Waals surface area contributed by atoms with E-state index in [1.54, 1.807) is 25.1 Å². The van der Waals surface area contributed by atoms with Crippen LogP contribution in [0.4, 0.5) is 0 Å². The van der Waals surface area contributed by atoms with Gasteiger partial charge in [-0.05, 0) is 37.5 Å². The Labute approximate surface area is 175 Å². The number of thioether (sulfide) groups is 1. The Morgan fingerprint density at radius 3 is 2.48 bits per heavy atom. The molecule has 2 atom stereocenters. The number of nitrogens with zero attached hydrogens (tertiary/aromatic N) is 2. The highest BCUT2D eigenvalue weighted by molar-refractivity contribution is 7.98. The maximum absolute atomic E-state index is 12.7. The van der Waals surface area contributed by atoms with Crippen molar-refractivity contribution < 1.29 is 22.5 Å². The first-order valence-electron chi connectivity index (χ1n) is 9.15. The molecule has 10 heteroatoms. The summed E-state index contributed by atoms with van der Waals surface area (Å²) >= 11 is 1.51. The standard InChI is InChI=1S/C19H27N3O5S2/c1-13(16-20-18(21-27-16)19(2,3)4)26-17(23)15(11-12-28-5)22-29(24,25)14-9-7-6-8-10-14/h6-10,13,15,22H,11-12H2,1-5H3. The topological polar surface area (TPSA) is 111 Å². The fraction of sp³-hybridized carbons (Fsp3) is 0.526. The zero-order valence-corrected chi connectivity index (χ0v) is 18.8. The van der Waals surface area contributed by atoms with Crippen LogP contribution in [0.2, 0.25) is 0 Å². The van der Waals surface area contributed by atoms with Gasteiger partial charge >= 0.3 is 5.97 Å². The van der Waals surface area contributed by atoms with Gasteiger partial charge in [-0.3, -0.25) is 4.79 Å². The van der Waals surface area contributed by atoms with Crippen LogP contribution >= 0.6 is 11.8 Å². The second-order valence-corrected chi connectivity index (χ2v) is 10.3. The number of aromatic nitrogens is 2. The van der Waals surface area contributed by atoms with Crippen molar-refractivity contribution in [2.45, 2.75) is 56.6 Å². The lowest BCUT2D eigenvalue weighted by Gasteiger charge is -2.19. The summed E-state index contributed by atoms with van der Waals surface area (Å²) in [6.45, 7) is 7.43. The molecule has 0 aliphatic carbocycles. The molecule has 0 aliphatic heterocycles. The predicted molar refractivity (Wildman–Crippen MR) is 111 cm³/mol. The molecule has 0 saturated carbocycles. The van der Waals surface area contributed by atoms with Crippen molar-refractivity contribution in [3.8, 4) is 0 Å². The van der Waals surface area contributed by atoms with Gasteiger partial charge in [-0.15, -0.1) is 0 Å². The third-order valence-electron chi connectivity index (χ3n) is 4.00. The highest BCUT2D eigenvalue weighted by Crippen LogP contribution is 2.23. The summed E-state index contributed by atoms with van der Waals surface area (Å²) in [6.07, 6.45) is 1.36. The van der Waals surface area contributed by atoms with E-state index in [0.717, 1.165) is 0 Å². The number of benzene rings is 1. The van der Waals surface area contributed by atoms with E-state index >= 15 is 0 Å². The van der Waals surface area contributed by atoms with E-state index in [1.165, 1.54) is 23.9 Å². The van der Waals surface area contributed by atoms with Gasteiger partial charge in [0, 0.05) is 5.41 Å². The largest absolute Gasteiger partial charge is 0.451 e. The molecule has 0 saturated heterocycles. The molecule has 2 aromatic rings. The van der Waals surface area contributed by atoms with Gasteiger partial charge in [0.05, 0.1) is 4.90 Å². The Balaban J connectivity index is 2.13. The van der Waals surface area contributed by atoms with Gasteiger partial charge in [-0.25, -0.2) is 8.42 Å². The molecule has 0 bridgehead atoms. The minimum atomic E-state index is -3.86. The van der Waals surface area contributed by atoms with E-state index < -0.39 is 28.1 Å². The first kappa shape index (κ1) is 23.4. The molecule has 0 fully saturated rings. The molecule has 0 radical (unpaired) electrons. The second-order valence-electron chi connectivity index (χ2n) is 7.55. The summed E-state index contributed by atoms with van der Waals surface area (Å²) in [4.78, 5) is 17.1. The zero-order chi connectivity index (χ0) is 21.7. The van der Waals surface area contributed by atoms with Crippen molar-refractivity contribution in [2.24, 2.45) is 0 Å². The van der Waals surface area contributed by atoms with Crippen LogP contribution in [0.25, 0.3) is 0 Å². The van der Waals surface area contributed by atoms with Crippen molar-refractivity contribution in [3.63, 3.8) is 0 Å². The quantitative estimate of drug-likeness (QED) is 0.591. The molecule has 160 valence electrons. The van der Waals surface area contributed by atoms with Gasteiger partial charge in [-0.2, -0.15) is 21.5 Å². The number of hydrogen-bond donors (Lipinski definition) is 1. The number of carbonyl (C=O) groups excluding carboxylic acids is 1. The van der Waals surface area contributed by atoms with Crippen LogP contribution in [0.15, 0.2) is 39.8 Å². The monoisotopic (exact) mass is 441 g/mol. The van der Waals surface area contributed by atoms with Gasteiger partial charge < -0.3 is 9.26 Å². The third-order valence-corrected chi connectivity index (χ3v) is 6.13. The van der Waals surface area contributed by atoms with Crippen molar-refractivity contribution >= 4 is 27.8 Å². The van der Waals surface area contributed by atoms with Gasteiger partial charge in [-0.1, -0.05) is 44.1 Å². The van der Waals surface area contributed by atoms with E-state index in [2.05, 4.69) is 14.9 Å². The van der Waals surface area contributed by atoms with Crippen LogP contribution in [0.5, 0.6) is 0 Å². The van der Waals surface area contributed by atoms with Crippen LogP contribution in [0, 0.1) is 0 Å². The normalized spacial score (nSPS) is 14.4. The number of carbonyl (C=O) groups is 1. The minimum absolute atomic E-state index is 0.0849. The Bertz CT molecular complexity index is 907. The summed E-state index contributed by atoms with van der Waals surface area (Å²) in [5, 5.41) is 3.92. The molecule has 0 aliphatic rings. The van der Waals surface area contributed by atoms with Crippen LogP contribution in [0.1, 0.15) is 51.9 Å². The number of sulfonamides is 1. The van der Waals surface area contributed by atoms with E-state index in [1.807, 2.05) is 27.0 Å².